The van der Waals surface area contributed by atoms with Crippen LogP contribution in [0.2, 0.25) is 5.02 Å². The highest BCUT2D eigenvalue weighted by Gasteiger charge is 2.15. The Morgan fingerprint density at radius 3 is 2.60 bits per heavy atom. The average molecular weight is 422 g/mol. The van der Waals surface area contributed by atoms with E-state index in [-0.39, 0.29) is 11.9 Å². The van der Waals surface area contributed by atoms with Crippen molar-refractivity contribution in [2.75, 3.05) is 7.05 Å². The molecule has 1 atom stereocenters. The van der Waals surface area contributed by atoms with E-state index < -0.39 is 0 Å². The second-order valence-corrected chi connectivity index (χ2v) is 6.52. The first kappa shape index (κ1) is 16.0. The molecular formula is C15H13Br2ClFN. The molecule has 0 heterocycles. The second-order valence-electron chi connectivity index (χ2n) is 4.44. The zero-order valence-corrected chi connectivity index (χ0v) is 14.7. The standard InChI is InChI=1S/C15H13Br2ClFN/c1-20-14(10-3-2-4-11(16)15(10)18)8-9-5-6-13(19)12(17)7-9/h2-7,14,20H,8H2,1H3. The SMILES string of the molecule is CNC(Cc1ccc(F)c(Br)c1)c1cccc(Br)c1Cl. The lowest BCUT2D eigenvalue weighted by atomic mass is 9.99. The maximum Gasteiger partial charge on any atom is 0.137 e. The van der Waals surface area contributed by atoms with Gasteiger partial charge in [0.05, 0.1) is 9.50 Å². The quantitative estimate of drug-likeness (QED) is 0.687. The molecule has 2 rings (SSSR count). The zero-order valence-electron chi connectivity index (χ0n) is 10.8. The molecule has 0 aliphatic heterocycles. The third-order valence-electron chi connectivity index (χ3n) is 3.13. The molecule has 0 radical (unpaired) electrons. The van der Waals surface area contributed by atoms with Gasteiger partial charge >= 0.3 is 0 Å². The first-order valence-electron chi connectivity index (χ1n) is 6.08. The van der Waals surface area contributed by atoms with Crippen LogP contribution in [0.15, 0.2) is 45.3 Å². The van der Waals surface area contributed by atoms with E-state index in [1.54, 1.807) is 12.1 Å². The number of hydrogen-bond acceptors (Lipinski definition) is 1. The molecule has 0 saturated carbocycles. The molecule has 0 saturated heterocycles. The summed E-state index contributed by atoms with van der Waals surface area (Å²) in [6.07, 6.45) is 0.728. The van der Waals surface area contributed by atoms with Crippen molar-refractivity contribution in [1.82, 2.24) is 5.32 Å². The lowest BCUT2D eigenvalue weighted by Gasteiger charge is -2.19. The summed E-state index contributed by atoms with van der Waals surface area (Å²) in [5.41, 5.74) is 2.05. The van der Waals surface area contributed by atoms with Crippen molar-refractivity contribution < 1.29 is 4.39 Å². The van der Waals surface area contributed by atoms with Crippen molar-refractivity contribution >= 4 is 43.5 Å². The topological polar surface area (TPSA) is 12.0 Å². The summed E-state index contributed by atoms with van der Waals surface area (Å²) in [6.45, 7) is 0. The molecule has 0 amide bonds. The van der Waals surface area contributed by atoms with Gasteiger partial charge in [0.15, 0.2) is 0 Å². The minimum Gasteiger partial charge on any atom is -0.313 e. The minimum absolute atomic E-state index is 0.0670. The fourth-order valence-electron chi connectivity index (χ4n) is 2.06. The smallest absolute Gasteiger partial charge is 0.137 e. The van der Waals surface area contributed by atoms with Gasteiger partial charge in [-0.15, -0.1) is 0 Å². The van der Waals surface area contributed by atoms with Crippen molar-refractivity contribution in [1.29, 1.82) is 0 Å². The van der Waals surface area contributed by atoms with Gasteiger partial charge < -0.3 is 5.32 Å². The molecule has 0 fully saturated rings. The van der Waals surface area contributed by atoms with Crippen molar-refractivity contribution in [2.24, 2.45) is 0 Å². The molecule has 2 aromatic carbocycles. The first-order valence-corrected chi connectivity index (χ1v) is 8.04. The molecular weight excluding hydrogens is 408 g/mol. The number of nitrogens with one attached hydrogen (secondary N) is 1. The number of rotatable bonds is 4. The van der Waals surface area contributed by atoms with Gasteiger partial charge in [-0.3, -0.25) is 0 Å². The van der Waals surface area contributed by atoms with Crippen LogP contribution in [0.25, 0.3) is 0 Å². The lowest BCUT2D eigenvalue weighted by Crippen LogP contribution is -2.19. The predicted molar refractivity (Wildman–Crippen MR) is 88.8 cm³/mol. The molecule has 0 aromatic heterocycles. The van der Waals surface area contributed by atoms with E-state index in [9.17, 15) is 4.39 Å². The Hall–Kier alpha value is -0.420. The summed E-state index contributed by atoms with van der Waals surface area (Å²) in [5.74, 6) is -0.254. The Labute approximate surface area is 139 Å². The zero-order chi connectivity index (χ0) is 14.7. The van der Waals surface area contributed by atoms with E-state index in [0.29, 0.717) is 9.50 Å². The summed E-state index contributed by atoms with van der Waals surface area (Å²) in [7, 11) is 1.89. The van der Waals surface area contributed by atoms with Gasteiger partial charge in [0.25, 0.3) is 0 Å². The predicted octanol–water partition coefficient (Wildman–Crippen LogP) is 5.51. The number of likely N-dealkylation sites (N-methyl/N-ethyl adjacent to an activating group) is 1. The van der Waals surface area contributed by atoms with Crippen molar-refractivity contribution in [3.8, 4) is 0 Å². The molecule has 0 aliphatic carbocycles. The van der Waals surface area contributed by atoms with Crippen LogP contribution in [0.4, 0.5) is 4.39 Å². The van der Waals surface area contributed by atoms with Crippen LogP contribution in [-0.4, -0.2) is 7.05 Å². The van der Waals surface area contributed by atoms with Gasteiger partial charge in [-0.05, 0) is 74.7 Å². The molecule has 0 bridgehead atoms. The van der Waals surface area contributed by atoms with E-state index in [0.717, 1.165) is 22.0 Å². The third kappa shape index (κ3) is 3.61. The van der Waals surface area contributed by atoms with Crippen molar-refractivity contribution in [3.05, 3.63) is 67.3 Å². The summed E-state index contributed by atoms with van der Waals surface area (Å²) in [6, 6.07) is 11.0. The summed E-state index contributed by atoms with van der Waals surface area (Å²) >= 11 is 13.0. The van der Waals surface area contributed by atoms with Gasteiger partial charge in [-0.2, -0.15) is 0 Å². The highest BCUT2D eigenvalue weighted by Crippen LogP contribution is 2.32. The number of benzene rings is 2. The van der Waals surface area contributed by atoms with Crippen molar-refractivity contribution in [2.45, 2.75) is 12.5 Å². The van der Waals surface area contributed by atoms with Crippen LogP contribution in [0.1, 0.15) is 17.2 Å². The largest absolute Gasteiger partial charge is 0.313 e. The van der Waals surface area contributed by atoms with Crippen LogP contribution in [0.3, 0.4) is 0 Å². The highest BCUT2D eigenvalue weighted by atomic mass is 79.9. The van der Waals surface area contributed by atoms with E-state index in [1.807, 2.05) is 25.2 Å². The fraction of sp³-hybridized carbons (Fsp3) is 0.200. The van der Waals surface area contributed by atoms with Gasteiger partial charge in [0.2, 0.25) is 0 Å². The van der Waals surface area contributed by atoms with Crippen LogP contribution in [0.5, 0.6) is 0 Å². The Kier molecular flexibility index (Phi) is 5.61. The van der Waals surface area contributed by atoms with Gasteiger partial charge in [-0.25, -0.2) is 4.39 Å². The molecule has 0 spiro atoms. The Morgan fingerprint density at radius 1 is 1.20 bits per heavy atom. The first-order chi connectivity index (χ1) is 9.52. The Morgan fingerprint density at radius 2 is 1.95 bits per heavy atom. The van der Waals surface area contributed by atoms with Gasteiger partial charge in [0, 0.05) is 10.5 Å². The van der Waals surface area contributed by atoms with Crippen LogP contribution in [-0.2, 0) is 6.42 Å². The normalized spacial score (nSPS) is 12.4. The lowest BCUT2D eigenvalue weighted by molar-refractivity contribution is 0.587. The number of hydrogen-bond donors (Lipinski definition) is 1. The van der Waals surface area contributed by atoms with Gasteiger partial charge in [0.1, 0.15) is 5.82 Å². The molecule has 2 aromatic rings. The molecule has 20 heavy (non-hydrogen) atoms. The van der Waals surface area contributed by atoms with E-state index in [4.69, 9.17) is 11.6 Å². The summed E-state index contributed by atoms with van der Waals surface area (Å²) in [4.78, 5) is 0. The molecule has 0 aliphatic rings. The van der Waals surface area contributed by atoms with Crippen LogP contribution >= 0.6 is 43.5 Å². The monoisotopic (exact) mass is 419 g/mol. The maximum absolute atomic E-state index is 13.3. The Bertz CT molecular complexity index is 619. The summed E-state index contributed by atoms with van der Waals surface area (Å²) < 4.78 is 14.6. The fourth-order valence-corrected chi connectivity index (χ4v) is 3.12. The third-order valence-corrected chi connectivity index (χ3v) is 5.05. The molecule has 5 heteroatoms. The molecule has 1 N–H and O–H groups in total. The maximum atomic E-state index is 13.3. The van der Waals surface area contributed by atoms with Crippen LogP contribution in [0, 0.1) is 5.82 Å². The average Bonchev–Trinajstić information content (AvgIpc) is 2.43. The molecule has 1 nitrogen and oxygen atoms in total. The number of halogens is 4. The molecule has 106 valence electrons. The second kappa shape index (κ2) is 7.03. The summed E-state index contributed by atoms with van der Waals surface area (Å²) in [5, 5.41) is 3.96. The minimum atomic E-state index is -0.254. The van der Waals surface area contributed by atoms with E-state index >= 15 is 0 Å². The Balaban J connectivity index is 2.28. The highest BCUT2D eigenvalue weighted by molar-refractivity contribution is 9.10. The van der Waals surface area contributed by atoms with Crippen LogP contribution < -0.4 is 5.32 Å². The van der Waals surface area contributed by atoms with Gasteiger partial charge in [-0.1, -0.05) is 29.8 Å². The molecule has 1 unspecified atom stereocenters. The van der Waals surface area contributed by atoms with E-state index in [1.165, 1.54) is 6.07 Å². The van der Waals surface area contributed by atoms with E-state index in [2.05, 4.69) is 37.2 Å². The van der Waals surface area contributed by atoms with Crippen molar-refractivity contribution in [3.63, 3.8) is 0 Å².